The molecule has 0 bridgehead atoms. The molecular weight excluding hydrogens is 230 g/mol. The third kappa shape index (κ3) is 3.41. The maximum absolute atomic E-state index is 4.27. The predicted octanol–water partition coefficient (Wildman–Crippen LogP) is 2.69. The maximum atomic E-state index is 4.27. The highest BCUT2D eigenvalue weighted by atomic mass is 32.1. The Balaban J connectivity index is 1.82. The van der Waals surface area contributed by atoms with E-state index in [9.17, 15) is 0 Å². The molecule has 0 spiro atoms. The number of hydrogen-bond donors (Lipinski definition) is 1. The first-order valence-corrected chi connectivity index (χ1v) is 6.99. The molecule has 2 rings (SSSR count). The third-order valence-electron chi connectivity index (χ3n) is 2.86. The minimum absolute atomic E-state index is 0.491. The molecule has 0 aromatic carbocycles. The smallest absolute Gasteiger partial charge is 0.0522 e. The van der Waals surface area contributed by atoms with Crippen LogP contribution in [0.1, 0.15) is 25.1 Å². The highest BCUT2D eigenvalue weighted by molar-refractivity contribution is 7.07. The van der Waals surface area contributed by atoms with Crippen molar-refractivity contribution in [3.63, 3.8) is 0 Å². The lowest BCUT2D eigenvalue weighted by atomic mass is 10.1. The fourth-order valence-corrected chi connectivity index (χ4v) is 2.59. The number of aryl methyl sites for hydroxylation is 1. The number of nitrogens with zero attached hydrogens (tertiary/aromatic N) is 2. The van der Waals surface area contributed by atoms with Crippen LogP contribution >= 0.6 is 11.3 Å². The van der Waals surface area contributed by atoms with Crippen molar-refractivity contribution >= 4 is 11.3 Å². The monoisotopic (exact) mass is 249 g/mol. The van der Waals surface area contributed by atoms with E-state index in [4.69, 9.17) is 0 Å². The molecule has 92 valence electrons. The molecule has 0 fully saturated rings. The standard InChI is InChI=1S/C13H19N3S/c1-3-16-13(4-6-15-16)9-14-11(2)8-12-5-7-17-10-12/h4-7,10-11,14H,3,8-9H2,1-2H3. The van der Waals surface area contributed by atoms with Crippen molar-refractivity contribution in [3.8, 4) is 0 Å². The molecule has 1 atom stereocenters. The van der Waals surface area contributed by atoms with Crippen molar-refractivity contribution in [1.82, 2.24) is 15.1 Å². The van der Waals surface area contributed by atoms with Crippen molar-refractivity contribution in [2.45, 2.75) is 39.4 Å². The van der Waals surface area contributed by atoms with E-state index in [2.05, 4.69) is 47.2 Å². The second-order valence-corrected chi connectivity index (χ2v) is 5.04. The molecule has 0 aliphatic carbocycles. The molecule has 1 N–H and O–H groups in total. The zero-order valence-electron chi connectivity index (χ0n) is 10.4. The molecule has 0 aliphatic heterocycles. The van der Waals surface area contributed by atoms with Gasteiger partial charge in [0, 0.05) is 25.3 Å². The van der Waals surface area contributed by atoms with Crippen LogP contribution in [0.15, 0.2) is 29.1 Å². The van der Waals surface area contributed by atoms with Crippen molar-refractivity contribution in [1.29, 1.82) is 0 Å². The molecule has 0 saturated carbocycles. The van der Waals surface area contributed by atoms with Gasteiger partial charge in [-0.05, 0) is 48.7 Å². The molecule has 2 aromatic rings. The maximum Gasteiger partial charge on any atom is 0.0522 e. The first kappa shape index (κ1) is 12.3. The van der Waals surface area contributed by atoms with Gasteiger partial charge in [0.15, 0.2) is 0 Å². The summed E-state index contributed by atoms with van der Waals surface area (Å²) in [6.07, 6.45) is 2.95. The van der Waals surface area contributed by atoms with Gasteiger partial charge in [-0.2, -0.15) is 16.4 Å². The van der Waals surface area contributed by atoms with Gasteiger partial charge < -0.3 is 5.32 Å². The number of rotatable bonds is 6. The van der Waals surface area contributed by atoms with E-state index in [0.29, 0.717) is 6.04 Å². The number of aromatic nitrogens is 2. The molecule has 2 aromatic heterocycles. The minimum atomic E-state index is 0.491. The molecule has 0 amide bonds. The van der Waals surface area contributed by atoms with E-state index >= 15 is 0 Å². The molecule has 3 nitrogen and oxygen atoms in total. The van der Waals surface area contributed by atoms with Crippen molar-refractivity contribution < 1.29 is 0 Å². The Morgan fingerprint density at radius 2 is 2.35 bits per heavy atom. The van der Waals surface area contributed by atoms with E-state index < -0.39 is 0 Å². The first-order valence-electron chi connectivity index (χ1n) is 6.04. The van der Waals surface area contributed by atoms with Gasteiger partial charge in [-0.1, -0.05) is 0 Å². The summed E-state index contributed by atoms with van der Waals surface area (Å²) in [5.74, 6) is 0. The van der Waals surface area contributed by atoms with Crippen LogP contribution in [0.5, 0.6) is 0 Å². The van der Waals surface area contributed by atoms with E-state index in [-0.39, 0.29) is 0 Å². The van der Waals surface area contributed by atoms with Crippen LogP contribution in [0.3, 0.4) is 0 Å². The van der Waals surface area contributed by atoms with Crippen LogP contribution in [0.4, 0.5) is 0 Å². The SMILES string of the molecule is CCn1nccc1CNC(C)Cc1ccsc1. The van der Waals surface area contributed by atoms with Crippen LogP contribution in [-0.4, -0.2) is 15.8 Å². The predicted molar refractivity (Wildman–Crippen MR) is 72.2 cm³/mol. The van der Waals surface area contributed by atoms with Crippen LogP contribution < -0.4 is 5.32 Å². The molecule has 0 radical (unpaired) electrons. The zero-order valence-corrected chi connectivity index (χ0v) is 11.2. The number of thiophene rings is 1. The largest absolute Gasteiger partial charge is 0.308 e. The van der Waals surface area contributed by atoms with Gasteiger partial charge in [-0.15, -0.1) is 0 Å². The Morgan fingerprint density at radius 1 is 1.47 bits per heavy atom. The first-order chi connectivity index (χ1) is 8.29. The van der Waals surface area contributed by atoms with Crippen molar-refractivity contribution in [3.05, 3.63) is 40.3 Å². The van der Waals surface area contributed by atoms with E-state index in [0.717, 1.165) is 19.5 Å². The summed E-state index contributed by atoms with van der Waals surface area (Å²) >= 11 is 1.76. The Bertz CT molecular complexity index is 433. The van der Waals surface area contributed by atoms with Gasteiger partial charge in [0.05, 0.1) is 5.69 Å². The molecule has 2 heterocycles. The second-order valence-electron chi connectivity index (χ2n) is 4.26. The third-order valence-corrected chi connectivity index (χ3v) is 3.59. The van der Waals surface area contributed by atoms with Crippen molar-refractivity contribution in [2.75, 3.05) is 0 Å². The fraction of sp³-hybridized carbons (Fsp3) is 0.462. The molecular formula is C13H19N3S. The molecule has 0 saturated heterocycles. The van der Waals surface area contributed by atoms with Gasteiger partial charge in [0.25, 0.3) is 0 Å². The molecule has 1 unspecified atom stereocenters. The van der Waals surface area contributed by atoms with Gasteiger partial charge in [0.1, 0.15) is 0 Å². The van der Waals surface area contributed by atoms with E-state index in [1.54, 1.807) is 11.3 Å². The summed E-state index contributed by atoms with van der Waals surface area (Å²) in [4.78, 5) is 0. The minimum Gasteiger partial charge on any atom is -0.308 e. The lowest BCUT2D eigenvalue weighted by Gasteiger charge is -2.13. The topological polar surface area (TPSA) is 29.9 Å². The summed E-state index contributed by atoms with van der Waals surface area (Å²) < 4.78 is 2.03. The van der Waals surface area contributed by atoms with Gasteiger partial charge in [-0.25, -0.2) is 0 Å². The molecule has 17 heavy (non-hydrogen) atoms. The normalized spacial score (nSPS) is 12.8. The number of nitrogens with one attached hydrogen (secondary N) is 1. The lowest BCUT2D eigenvalue weighted by Crippen LogP contribution is -2.28. The van der Waals surface area contributed by atoms with E-state index in [1.807, 2.05) is 10.9 Å². The Labute approximate surface area is 106 Å². The van der Waals surface area contributed by atoms with Crippen LogP contribution in [0.25, 0.3) is 0 Å². The van der Waals surface area contributed by atoms with Crippen LogP contribution in [0.2, 0.25) is 0 Å². The quantitative estimate of drug-likeness (QED) is 0.853. The van der Waals surface area contributed by atoms with Crippen LogP contribution in [0, 0.1) is 0 Å². The summed E-state index contributed by atoms with van der Waals surface area (Å²) in [5, 5.41) is 12.2. The second kappa shape index (κ2) is 5.98. The summed E-state index contributed by atoms with van der Waals surface area (Å²) in [7, 11) is 0. The van der Waals surface area contributed by atoms with Crippen molar-refractivity contribution in [2.24, 2.45) is 0 Å². The number of hydrogen-bond acceptors (Lipinski definition) is 3. The Kier molecular flexibility index (Phi) is 4.34. The Morgan fingerprint density at radius 3 is 3.06 bits per heavy atom. The molecule has 4 heteroatoms. The average molecular weight is 249 g/mol. The van der Waals surface area contributed by atoms with Gasteiger partial charge in [0.2, 0.25) is 0 Å². The lowest BCUT2D eigenvalue weighted by molar-refractivity contribution is 0.514. The summed E-state index contributed by atoms with van der Waals surface area (Å²) in [6, 6.07) is 4.76. The Hall–Kier alpha value is -1.13. The highest BCUT2D eigenvalue weighted by Gasteiger charge is 2.05. The fourth-order valence-electron chi connectivity index (χ4n) is 1.91. The zero-order chi connectivity index (χ0) is 12.1. The van der Waals surface area contributed by atoms with Gasteiger partial charge >= 0.3 is 0 Å². The summed E-state index contributed by atoms with van der Waals surface area (Å²) in [5.41, 5.74) is 2.67. The van der Waals surface area contributed by atoms with E-state index in [1.165, 1.54) is 11.3 Å². The summed E-state index contributed by atoms with van der Waals surface area (Å²) in [6.45, 7) is 6.16. The highest BCUT2D eigenvalue weighted by Crippen LogP contribution is 2.09. The average Bonchev–Trinajstić information content (AvgIpc) is 2.96. The molecule has 0 aliphatic rings. The van der Waals surface area contributed by atoms with Crippen LogP contribution in [-0.2, 0) is 19.5 Å². The van der Waals surface area contributed by atoms with Gasteiger partial charge in [-0.3, -0.25) is 4.68 Å².